The van der Waals surface area contributed by atoms with Crippen molar-refractivity contribution in [3.63, 3.8) is 0 Å². The fraction of sp³-hybridized carbons (Fsp3) is 0.231. The molecule has 2 N–H and O–H groups in total. The van der Waals surface area contributed by atoms with Gasteiger partial charge in [0.15, 0.2) is 0 Å². The smallest absolute Gasteiger partial charge is 0.273 e. The van der Waals surface area contributed by atoms with Crippen LogP contribution in [-0.4, -0.2) is 22.8 Å². The van der Waals surface area contributed by atoms with E-state index < -0.39 is 0 Å². The number of nitrogens with two attached hydrogens (primary N) is 1. The Kier molecular flexibility index (Phi) is 4.52. The Morgan fingerprint density at radius 2 is 2.21 bits per heavy atom. The number of aromatic nitrogens is 1. The number of carbonyl (C=O) groups excluding carboxylic acids is 1. The lowest BCUT2D eigenvalue weighted by molar-refractivity contribution is 0.0780. The topological polar surface area (TPSA) is 59.2 Å². The highest BCUT2D eigenvalue weighted by Gasteiger charge is 2.16. The zero-order chi connectivity index (χ0) is 13.8. The Hall–Kier alpha value is -1.43. The van der Waals surface area contributed by atoms with Gasteiger partial charge in [0.1, 0.15) is 10.7 Å². The van der Waals surface area contributed by atoms with E-state index in [0.29, 0.717) is 23.8 Å². The van der Waals surface area contributed by atoms with E-state index in [-0.39, 0.29) is 5.91 Å². The van der Waals surface area contributed by atoms with Crippen LogP contribution >= 0.6 is 22.9 Å². The molecule has 2 aromatic rings. The average Bonchev–Trinajstić information content (AvgIpc) is 2.89. The predicted molar refractivity (Wildman–Crippen MR) is 77.3 cm³/mol. The highest BCUT2D eigenvalue weighted by atomic mass is 35.5. The summed E-state index contributed by atoms with van der Waals surface area (Å²) >= 11 is 7.47. The lowest BCUT2D eigenvalue weighted by Crippen LogP contribution is -2.26. The number of amides is 1. The third-order valence-corrected chi connectivity index (χ3v) is 3.90. The first-order valence-corrected chi connectivity index (χ1v) is 7.01. The Bertz CT molecular complexity index is 585. The lowest BCUT2D eigenvalue weighted by atomic mass is 10.2. The molecule has 1 amide bonds. The van der Waals surface area contributed by atoms with Crippen LogP contribution in [0.5, 0.6) is 0 Å². The summed E-state index contributed by atoms with van der Waals surface area (Å²) in [6.07, 6.45) is 0. The Balaban J connectivity index is 2.09. The summed E-state index contributed by atoms with van der Waals surface area (Å²) in [4.78, 5) is 18.0. The summed E-state index contributed by atoms with van der Waals surface area (Å²) in [6.45, 7) is 0.806. The first-order valence-electron chi connectivity index (χ1n) is 5.75. The van der Waals surface area contributed by atoms with Crippen molar-refractivity contribution in [1.82, 2.24) is 9.88 Å². The van der Waals surface area contributed by atoms with Gasteiger partial charge in [0, 0.05) is 30.5 Å². The number of hydrogen-bond acceptors (Lipinski definition) is 4. The fourth-order valence-electron chi connectivity index (χ4n) is 1.65. The minimum Gasteiger partial charge on any atom is -0.336 e. The molecular weight excluding hydrogens is 282 g/mol. The van der Waals surface area contributed by atoms with Crippen molar-refractivity contribution in [2.45, 2.75) is 13.1 Å². The number of nitrogens with zero attached hydrogens (tertiary/aromatic N) is 2. The summed E-state index contributed by atoms with van der Waals surface area (Å²) in [5.41, 5.74) is 6.83. The molecule has 0 atom stereocenters. The summed E-state index contributed by atoms with van der Waals surface area (Å²) in [5.74, 6) is -0.129. The number of rotatable bonds is 4. The molecular formula is C13H14ClN3OS. The fourth-order valence-corrected chi connectivity index (χ4v) is 2.50. The number of carbonyl (C=O) groups is 1. The summed E-state index contributed by atoms with van der Waals surface area (Å²) in [6, 6.07) is 7.47. The molecule has 0 bridgehead atoms. The van der Waals surface area contributed by atoms with Crippen molar-refractivity contribution in [2.24, 2.45) is 5.73 Å². The van der Waals surface area contributed by atoms with E-state index in [0.717, 1.165) is 10.6 Å². The third kappa shape index (κ3) is 3.32. The third-order valence-electron chi connectivity index (χ3n) is 2.66. The first-order chi connectivity index (χ1) is 9.11. The SMILES string of the molecule is CN(Cc1ccccc1Cl)C(=O)c1csc(CN)n1. The van der Waals surface area contributed by atoms with E-state index in [1.54, 1.807) is 17.3 Å². The van der Waals surface area contributed by atoms with E-state index >= 15 is 0 Å². The summed E-state index contributed by atoms with van der Waals surface area (Å²) in [5, 5.41) is 3.14. The molecule has 6 heteroatoms. The van der Waals surface area contributed by atoms with Crippen molar-refractivity contribution >= 4 is 28.8 Å². The monoisotopic (exact) mass is 295 g/mol. The number of thiazole rings is 1. The molecule has 0 saturated carbocycles. The van der Waals surface area contributed by atoms with Gasteiger partial charge in [-0.3, -0.25) is 4.79 Å². The van der Waals surface area contributed by atoms with Crippen LogP contribution in [-0.2, 0) is 13.1 Å². The van der Waals surface area contributed by atoms with Crippen molar-refractivity contribution in [1.29, 1.82) is 0 Å². The Morgan fingerprint density at radius 3 is 2.84 bits per heavy atom. The molecule has 1 aromatic carbocycles. The van der Waals surface area contributed by atoms with E-state index in [1.165, 1.54) is 11.3 Å². The standard InChI is InChI=1S/C13H14ClN3OS/c1-17(7-9-4-2-3-5-10(9)14)13(18)11-8-19-12(6-15)16-11/h2-5,8H,6-7,15H2,1H3. The molecule has 19 heavy (non-hydrogen) atoms. The van der Waals surface area contributed by atoms with Crippen LogP contribution < -0.4 is 5.73 Å². The molecule has 0 aliphatic heterocycles. The van der Waals surface area contributed by atoms with Crippen molar-refractivity contribution < 1.29 is 4.79 Å². The maximum Gasteiger partial charge on any atom is 0.273 e. The molecule has 0 aliphatic rings. The molecule has 0 spiro atoms. The number of halogens is 1. The average molecular weight is 296 g/mol. The van der Waals surface area contributed by atoms with Gasteiger partial charge in [-0.2, -0.15) is 0 Å². The zero-order valence-corrected chi connectivity index (χ0v) is 12.0. The van der Waals surface area contributed by atoms with Crippen LogP contribution in [0.1, 0.15) is 21.1 Å². The molecule has 0 fully saturated rings. The van der Waals surface area contributed by atoms with Crippen molar-refractivity contribution in [3.8, 4) is 0 Å². The van der Waals surface area contributed by atoms with Gasteiger partial charge < -0.3 is 10.6 Å². The predicted octanol–water partition coefficient (Wildman–Crippen LogP) is 2.53. The van der Waals surface area contributed by atoms with Crippen molar-refractivity contribution in [2.75, 3.05) is 7.05 Å². The zero-order valence-electron chi connectivity index (χ0n) is 10.5. The molecule has 0 saturated heterocycles. The van der Waals surface area contributed by atoms with E-state index in [1.807, 2.05) is 24.3 Å². The molecule has 1 heterocycles. The van der Waals surface area contributed by atoms with Gasteiger partial charge in [-0.05, 0) is 11.6 Å². The minimum atomic E-state index is -0.129. The number of benzene rings is 1. The van der Waals surface area contributed by atoms with E-state index in [2.05, 4.69) is 4.98 Å². The largest absolute Gasteiger partial charge is 0.336 e. The molecule has 0 unspecified atom stereocenters. The van der Waals surface area contributed by atoms with E-state index in [4.69, 9.17) is 17.3 Å². The van der Waals surface area contributed by atoms with Gasteiger partial charge in [0.05, 0.1) is 0 Å². The van der Waals surface area contributed by atoms with Crippen LogP contribution in [0.4, 0.5) is 0 Å². The van der Waals surface area contributed by atoms with Crippen LogP contribution in [0, 0.1) is 0 Å². The molecule has 4 nitrogen and oxygen atoms in total. The summed E-state index contributed by atoms with van der Waals surface area (Å²) in [7, 11) is 1.73. The number of hydrogen-bond donors (Lipinski definition) is 1. The second-order valence-corrected chi connectivity index (χ2v) is 5.43. The van der Waals surface area contributed by atoms with Gasteiger partial charge in [0.2, 0.25) is 0 Å². The van der Waals surface area contributed by atoms with Gasteiger partial charge in [0.25, 0.3) is 5.91 Å². The maximum absolute atomic E-state index is 12.2. The van der Waals surface area contributed by atoms with Crippen LogP contribution in [0.3, 0.4) is 0 Å². The molecule has 0 aliphatic carbocycles. The molecule has 0 radical (unpaired) electrons. The summed E-state index contributed by atoms with van der Waals surface area (Å²) < 4.78 is 0. The second-order valence-electron chi connectivity index (χ2n) is 4.08. The lowest BCUT2D eigenvalue weighted by Gasteiger charge is -2.16. The first kappa shape index (κ1) is 14.0. The van der Waals surface area contributed by atoms with Gasteiger partial charge in [-0.15, -0.1) is 11.3 Å². The molecule has 1 aromatic heterocycles. The Morgan fingerprint density at radius 1 is 1.47 bits per heavy atom. The second kappa shape index (κ2) is 6.14. The van der Waals surface area contributed by atoms with Crippen LogP contribution in [0.2, 0.25) is 5.02 Å². The van der Waals surface area contributed by atoms with Gasteiger partial charge >= 0.3 is 0 Å². The van der Waals surface area contributed by atoms with Gasteiger partial charge in [-0.1, -0.05) is 29.8 Å². The normalized spacial score (nSPS) is 10.5. The highest BCUT2D eigenvalue weighted by Crippen LogP contribution is 2.18. The highest BCUT2D eigenvalue weighted by molar-refractivity contribution is 7.09. The van der Waals surface area contributed by atoms with Gasteiger partial charge in [-0.25, -0.2) is 4.98 Å². The minimum absolute atomic E-state index is 0.129. The molecule has 2 rings (SSSR count). The quantitative estimate of drug-likeness (QED) is 0.943. The van der Waals surface area contributed by atoms with Crippen molar-refractivity contribution in [3.05, 3.63) is 50.9 Å². The maximum atomic E-state index is 12.2. The Labute approximate surface area is 120 Å². The van der Waals surface area contributed by atoms with Crippen LogP contribution in [0.25, 0.3) is 0 Å². The van der Waals surface area contributed by atoms with E-state index in [9.17, 15) is 4.79 Å². The molecule has 100 valence electrons. The van der Waals surface area contributed by atoms with Crippen LogP contribution in [0.15, 0.2) is 29.6 Å².